The van der Waals surface area contributed by atoms with Crippen LogP contribution in [0.1, 0.15) is 18.1 Å². The highest BCUT2D eigenvalue weighted by Crippen LogP contribution is 2.04. The Hall–Kier alpha value is -1.75. The maximum absolute atomic E-state index is 8.46. The Morgan fingerprint density at radius 3 is 2.42 bits per heavy atom. The fraction of sp³-hybridized carbons (Fsp3) is 0.100. The Kier molecular flexibility index (Phi) is 2.49. The molecule has 2 heteroatoms. The highest BCUT2D eigenvalue weighted by Gasteiger charge is 1.95. The number of oxime groups is 1. The molecule has 0 radical (unpaired) electrons. The van der Waals surface area contributed by atoms with Gasteiger partial charge in [-0.2, -0.15) is 0 Å². The molecule has 0 amide bonds. The van der Waals surface area contributed by atoms with Crippen molar-refractivity contribution in [3.05, 3.63) is 35.4 Å². The lowest BCUT2D eigenvalue weighted by molar-refractivity contribution is 0.319. The summed E-state index contributed by atoms with van der Waals surface area (Å²) in [6, 6.07) is 7.27. The molecule has 0 bridgehead atoms. The zero-order chi connectivity index (χ0) is 8.97. The molecule has 1 aromatic carbocycles. The van der Waals surface area contributed by atoms with E-state index in [1.807, 2.05) is 24.3 Å². The largest absolute Gasteiger partial charge is 0.411 e. The summed E-state index contributed by atoms with van der Waals surface area (Å²) in [6.45, 7) is 1.73. The van der Waals surface area contributed by atoms with Crippen molar-refractivity contribution in [2.24, 2.45) is 5.16 Å². The lowest BCUT2D eigenvalue weighted by atomic mass is 10.1. The molecule has 0 spiro atoms. The van der Waals surface area contributed by atoms with Gasteiger partial charge in [0.1, 0.15) is 0 Å². The molecule has 0 aromatic heterocycles. The molecule has 0 saturated carbocycles. The van der Waals surface area contributed by atoms with E-state index in [4.69, 9.17) is 11.6 Å². The first-order valence-corrected chi connectivity index (χ1v) is 3.53. The van der Waals surface area contributed by atoms with Crippen LogP contribution in [0.15, 0.2) is 29.4 Å². The van der Waals surface area contributed by atoms with Crippen LogP contribution >= 0.6 is 0 Å². The topological polar surface area (TPSA) is 32.6 Å². The fourth-order valence-electron chi connectivity index (χ4n) is 0.865. The van der Waals surface area contributed by atoms with E-state index >= 15 is 0 Å². The Balaban J connectivity index is 3.02. The van der Waals surface area contributed by atoms with Crippen LogP contribution in [0.5, 0.6) is 0 Å². The van der Waals surface area contributed by atoms with Gasteiger partial charge in [-0.1, -0.05) is 23.2 Å². The summed E-state index contributed by atoms with van der Waals surface area (Å²) in [4.78, 5) is 0. The van der Waals surface area contributed by atoms with E-state index in [1.54, 1.807) is 6.92 Å². The Morgan fingerprint density at radius 1 is 1.42 bits per heavy atom. The molecule has 0 aliphatic heterocycles. The number of nitrogens with zero attached hydrogens (tertiary/aromatic N) is 1. The molecule has 0 saturated heterocycles. The van der Waals surface area contributed by atoms with E-state index < -0.39 is 0 Å². The minimum Gasteiger partial charge on any atom is -0.411 e. The van der Waals surface area contributed by atoms with Crippen molar-refractivity contribution in [1.29, 1.82) is 0 Å². The van der Waals surface area contributed by atoms with Crippen LogP contribution in [-0.2, 0) is 0 Å². The van der Waals surface area contributed by atoms with Gasteiger partial charge >= 0.3 is 0 Å². The average Bonchev–Trinajstić information content (AvgIpc) is 2.17. The van der Waals surface area contributed by atoms with E-state index in [9.17, 15) is 0 Å². The van der Waals surface area contributed by atoms with Crippen LogP contribution in [0, 0.1) is 12.3 Å². The van der Waals surface area contributed by atoms with Gasteiger partial charge in [0, 0.05) is 5.56 Å². The van der Waals surface area contributed by atoms with E-state index in [0.29, 0.717) is 5.71 Å². The van der Waals surface area contributed by atoms with Crippen LogP contribution < -0.4 is 0 Å². The quantitative estimate of drug-likeness (QED) is 0.288. The van der Waals surface area contributed by atoms with Gasteiger partial charge in [0.05, 0.1) is 5.71 Å². The van der Waals surface area contributed by atoms with Crippen molar-refractivity contribution in [1.82, 2.24) is 0 Å². The zero-order valence-electron chi connectivity index (χ0n) is 6.78. The van der Waals surface area contributed by atoms with E-state index in [1.165, 1.54) is 0 Å². The third-order valence-corrected chi connectivity index (χ3v) is 1.62. The van der Waals surface area contributed by atoms with Gasteiger partial charge in [0.15, 0.2) is 0 Å². The first-order valence-electron chi connectivity index (χ1n) is 3.53. The Morgan fingerprint density at radius 2 is 2.00 bits per heavy atom. The summed E-state index contributed by atoms with van der Waals surface area (Å²) < 4.78 is 0. The normalized spacial score (nSPS) is 10.8. The van der Waals surface area contributed by atoms with Crippen molar-refractivity contribution in [3.8, 4) is 12.3 Å². The molecular weight excluding hydrogens is 150 g/mol. The minimum atomic E-state index is 0.582. The molecule has 1 aromatic rings. The van der Waals surface area contributed by atoms with Gasteiger partial charge in [-0.15, -0.1) is 6.42 Å². The van der Waals surface area contributed by atoms with Gasteiger partial charge in [-0.25, -0.2) is 0 Å². The van der Waals surface area contributed by atoms with E-state index in [-0.39, 0.29) is 0 Å². The summed E-state index contributed by atoms with van der Waals surface area (Å²) in [7, 11) is 0. The summed E-state index contributed by atoms with van der Waals surface area (Å²) in [5.74, 6) is 2.51. The van der Waals surface area contributed by atoms with Crippen LogP contribution in [-0.4, -0.2) is 10.9 Å². The fourth-order valence-corrected chi connectivity index (χ4v) is 0.865. The molecular formula is C10H9NO. The first kappa shape index (κ1) is 8.35. The highest BCUT2D eigenvalue weighted by atomic mass is 16.4. The van der Waals surface area contributed by atoms with Crippen LogP contribution in [0.25, 0.3) is 0 Å². The summed E-state index contributed by atoms with van der Waals surface area (Å²) in [5, 5.41) is 11.5. The third-order valence-electron chi connectivity index (χ3n) is 1.62. The molecule has 2 nitrogen and oxygen atoms in total. The van der Waals surface area contributed by atoms with Crippen LogP contribution in [0.3, 0.4) is 0 Å². The first-order chi connectivity index (χ1) is 5.77. The van der Waals surface area contributed by atoms with Gasteiger partial charge in [-0.3, -0.25) is 0 Å². The summed E-state index contributed by atoms with van der Waals surface area (Å²) in [5.41, 5.74) is 2.28. The van der Waals surface area contributed by atoms with Crippen LogP contribution in [0.4, 0.5) is 0 Å². The van der Waals surface area contributed by atoms with Crippen molar-refractivity contribution in [2.45, 2.75) is 6.92 Å². The summed E-state index contributed by atoms with van der Waals surface area (Å²) >= 11 is 0. The maximum atomic E-state index is 8.46. The van der Waals surface area contributed by atoms with Gasteiger partial charge < -0.3 is 5.21 Å². The van der Waals surface area contributed by atoms with E-state index in [2.05, 4.69) is 11.1 Å². The molecule has 0 aliphatic carbocycles. The molecule has 0 atom stereocenters. The number of hydrogen-bond donors (Lipinski definition) is 1. The lowest BCUT2D eigenvalue weighted by Crippen LogP contribution is -1.93. The van der Waals surface area contributed by atoms with Gasteiger partial charge in [0.25, 0.3) is 0 Å². The smallest absolute Gasteiger partial charge is 0.0836 e. The Bertz CT molecular complexity index is 330. The predicted molar refractivity (Wildman–Crippen MR) is 48.4 cm³/mol. The molecule has 0 unspecified atom stereocenters. The molecule has 12 heavy (non-hydrogen) atoms. The maximum Gasteiger partial charge on any atom is 0.0836 e. The number of rotatable bonds is 1. The number of hydrogen-bond acceptors (Lipinski definition) is 2. The third kappa shape index (κ3) is 1.64. The second-order valence-corrected chi connectivity index (χ2v) is 2.41. The molecule has 0 fully saturated rings. The average molecular weight is 159 g/mol. The Labute approximate surface area is 71.5 Å². The van der Waals surface area contributed by atoms with Crippen molar-refractivity contribution in [3.63, 3.8) is 0 Å². The van der Waals surface area contributed by atoms with Crippen molar-refractivity contribution >= 4 is 5.71 Å². The molecule has 1 rings (SSSR count). The highest BCUT2D eigenvalue weighted by molar-refractivity contribution is 5.98. The van der Waals surface area contributed by atoms with E-state index in [0.717, 1.165) is 11.1 Å². The molecule has 0 heterocycles. The van der Waals surface area contributed by atoms with Crippen molar-refractivity contribution in [2.75, 3.05) is 0 Å². The second kappa shape index (κ2) is 3.59. The van der Waals surface area contributed by atoms with Crippen molar-refractivity contribution < 1.29 is 5.21 Å². The predicted octanol–water partition coefficient (Wildman–Crippen LogP) is 1.87. The zero-order valence-corrected chi connectivity index (χ0v) is 6.78. The molecule has 0 aliphatic rings. The molecule has 60 valence electrons. The second-order valence-electron chi connectivity index (χ2n) is 2.41. The SMILES string of the molecule is C#Cc1ccc(/C(C)=N/O)cc1. The standard InChI is InChI=1S/C10H9NO/c1-3-9-4-6-10(7-5-9)8(2)11-12/h1,4-7,12H,2H3/b11-8+. The molecule has 1 N–H and O–H groups in total. The summed E-state index contributed by atoms with van der Waals surface area (Å²) in [6.07, 6.45) is 5.18. The van der Waals surface area contributed by atoms with Crippen LogP contribution in [0.2, 0.25) is 0 Å². The lowest BCUT2D eigenvalue weighted by Gasteiger charge is -1.97. The van der Waals surface area contributed by atoms with Gasteiger partial charge in [0.2, 0.25) is 0 Å². The van der Waals surface area contributed by atoms with Gasteiger partial charge in [-0.05, 0) is 24.6 Å². The monoisotopic (exact) mass is 159 g/mol. The minimum absolute atomic E-state index is 0.582. The number of benzene rings is 1. The number of terminal acetylenes is 1.